The van der Waals surface area contributed by atoms with Crippen LogP contribution in [0.25, 0.3) is 0 Å². The predicted molar refractivity (Wildman–Crippen MR) is 256 cm³/mol. The molecule has 0 spiro atoms. The average Bonchev–Trinajstić information content (AvgIpc) is 3.24. The van der Waals surface area contributed by atoms with Gasteiger partial charge >= 0.3 is 17.9 Å². The molecule has 0 aliphatic heterocycles. The van der Waals surface area contributed by atoms with Gasteiger partial charge < -0.3 is 14.2 Å². The average molecular weight is 845 g/mol. The lowest BCUT2D eigenvalue weighted by Gasteiger charge is -2.18. The Morgan fingerprint density at radius 2 is 0.583 bits per heavy atom. The largest absolute Gasteiger partial charge is 0.462 e. The Morgan fingerprint density at radius 1 is 0.333 bits per heavy atom. The van der Waals surface area contributed by atoms with Crippen LogP contribution < -0.4 is 0 Å². The molecular formula is C54H100O6. The number of ether oxygens (including phenoxy) is 3. The fraction of sp³-hybridized carbons (Fsp3) is 0.870. The Hall–Kier alpha value is -2.11. The van der Waals surface area contributed by atoms with E-state index >= 15 is 0 Å². The maximum Gasteiger partial charge on any atom is 0.306 e. The zero-order chi connectivity index (χ0) is 43.7. The zero-order valence-corrected chi connectivity index (χ0v) is 40.2. The second kappa shape index (κ2) is 49.5. The Kier molecular flexibility index (Phi) is 47.8. The Balaban J connectivity index is 4.32. The highest BCUT2D eigenvalue weighted by atomic mass is 16.6. The Bertz CT molecular complexity index is 973. The van der Waals surface area contributed by atoms with E-state index in [-0.39, 0.29) is 31.1 Å². The molecule has 0 amide bonds. The number of rotatable bonds is 48. The van der Waals surface area contributed by atoms with Gasteiger partial charge in [-0.3, -0.25) is 14.4 Å². The summed E-state index contributed by atoms with van der Waals surface area (Å²) in [6, 6.07) is 0. The van der Waals surface area contributed by atoms with Crippen LogP contribution in [-0.2, 0) is 28.6 Å². The van der Waals surface area contributed by atoms with Crippen molar-refractivity contribution >= 4 is 17.9 Å². The Labute approximate surface area is 373 Å². The lowest BCUT2D eigenvalue weighted by molar-refractivity contribution is -0.167. The maximum atomic E-state index is 12.8. The summed E-state index contributed by atoms with van der Waals surface area (Å²) in [5.74, 6) is -0.892. The van der Waals surface area contributed by atoms with Gasteiger partial charge in [0.1, 0.15) is 13.2 Å². The van der Waals surface area contributed by atoms with Crippen molar-refractivity contribution < 1.29 is 28.6 Å². The number of unbranched alkanes of at least 4 members (excludes halogenated alkanes) is 34. The number of allylic oxidation sites excluding steroid dienone is 4. The molecule has 352 valence electrons. The van der Waals surface area contributed by atoms with Crippen LogP contribution in [0.2, 0.25) is 0 Å². The van der Waals surface area contributed by atoms with E-state index in [4.69, 9.17) is 14.2 Å². The van der Waals surface area contributed by atoms with E-state index in [1.54, 1.807) is 0 Å². The van der Waals surface area contributed by atoms with Gasteiger partial charge in [-0.05, 0) is 44.9 Å². The molecule has 60 heavy (non-hydrogen) atoms. The van der Waals surface area contributed by atoms with Gasteiger partial charge in [0, 0.05) is 19.3 Å². The second-order valence-corrected chi connectivity index (χ2v) is 17.8. The molecule has 1 unspecified atom stereocenters. The van der Waals surface area contributed by atoms with E-state index in [1.807, 2.05) is 0 Å². The normalized spacial score (nSPS) is 12.1. The molecule has 0 aromatic heterocycles. The van der Waals surface area contributed by atoms with Crippen molar-refractivity contribution in [3.63, 3.8) is 0 Å². The molecular weight excluding hydrogens is 745 g/mol. The van der Waals surface area contributed by atoms with E-state index in [0.717, 1.165) is 70.6 Å². The third-order valence-corrected chi connectivity index (χ3v) is 11.7. The van der Waals surface area contributed by atoms with Crippen molar-refractivity contribution in [2.75, 3.05) is 13.2 Å². The standard InChI is InChI=1S/C54H100O6/c1-4-7-10-13-16-19-21-23-25-27-29-30-32-35-38-41-44-47-53(56)59-50-51(49-58-52(55)46-43-40-37-34-18-15-12-9-6-3)60-54(57)48-45-42-39-36-33-31-28-26-24-22-20-17-14-11-8-5-2/h26,28,31,33,51H,4-25,27,29-30,32,34-50H2,1-3H3/b28-26-,33-31-. The van der Waals surface area contributed by atoms with Crippen molar-refractivity contribution in [1.82, 2.24) is 0 Å². The molecule has 0 aromatic carbocycles. The summed E-state index contributed by atoms with van der Waals surface area (Å²) in [6.45, 7) is 6.62. The van der Waals surface area contributed by atoms with Crippen LogP contribution >= 0.6 is 0 Å². The van der Waals surface area contributed by atoms with E-state index in [1.165, 1.54) is 173 Å². The van der Waals surface area contributed by atoms with Gasteiger partial charge in [0.15, 0.2) is 6.10 Å². The highest BCUT2D eigenvalue weighted by Crippen LogP contribution is 2.16. The molecule has 6 heteroatoms. The molecule has 0 bridgehead atoms. The van der Waals surface area contributed by atoms with Gasteiger partial charge in [0.05, 0.1) is 0 Å². The smallest absolute Gasteiger partial charge is 0.306 e. The van der Waals surface area contributed by atoms with Gasteiger partial charge in [-0.25, -0.2) is 0 Å². The van der Waals surface area contributed by atoms with E-state index in [2.05, 4.69) is 45.1 Å². The van der Waals surface area contributed by atoms with Crippen LogP contribution in [-0.4, -0.2) is 37.2 Å². The second-order valence-electron chi connectivity index (χ2n) is 17.8. The fourth-order valence-corrected chi connectivity index (χ4v) is 7.73. The number of hydrogen-bond acceptors (Lipinski definition) is 6. The SMILES string of the molecule is CCCCCCCCC/C=C\C=C/CCCCCC(=O)OC(COC(=O)CCCCCCCCCCC)COC(=O)CCCCCCCCCCCCCCCCCCC. The third kappa shape index (κ3) is 46.9. The summed E-state index contributed by atoms with van der Waals surface area (Å²) >= 11 is 0. The van der Waals surface area contributed by atoms with Crippen LogP contribution in [0.15, 0.2) is 24.3 Å². The lowest BCUT2D eigenvalue weighted by Crippen LogP contribution is -2.30. The molecule has 0 N–H and O–H groups in total. The first-order valence-corrected chi connectivity index (χ1v) is 26.4. The quantitative estimate of drug-likeness (QED) is 0.0263. The van der Waals surface area contributed by atoms with E-state index in [0.29, 0.717) is 19.3 Å². The summed E-state index contributed by atoms with van der Waals surface area (Å²) in [5, 5.41) is 0. The molecule has 0 aliphatic rings. The van der Waals surface area contributed by atoms with Crippen LogP contribution in [0.3, 0.4) is 0 Å². The number of carbonyl (C=O) groups excluding carboxylic acids is 3. The fourth-order valence-electron chi connectivity index (χ4n) is 7.73. The molecule has 0 saturated carbocycles. The highest BCUT2D eigenvalue weighted by Gasteiger charge is 2.19. The number of hydrogen-bond donors (Lipinski definition) is 0. The molecule has 6 nitrogen and oxygen atoms in total. The minimum absolute atomic E-state index is 0.0773. The van der Waals surface area contributed by atoms with Gasteiger partial charge in [0.25, 0.3) is 0 Å². The topological polar surface area (TPSA) is 78.9 Å². The minimum Gasteiger partial charge on any atom is -0.462 e. The van der Waals surface area contributed by atoms with Crippen molar-refractivity contribution in [1.29, 1.82) is 0 Å². The van der Waals surface area contributed by atoms with Crippen molar-refractivity contribution in [3.8, 4) is 0 Å². The molecule has 0 saturated heterocycles. The van der Waals surface area contributed by atoms with E-state index in [9.17, 15) is 14.4 Å². The first kappa shape index (κ1) is 57.9. The first-order valence-electron chi connectivity index (χ1n) is 26.4. The summed E-state index contributed by atoms with van der Waals surface area (Å²) in [6.07, 6.45) is 56.0. The van der Waals surface area contributed by atoms with Crippen molar-refractivity contribution in [3.05, 3.63) is 24.3 Å². The van der Waals surface area contributed by atoms with Crippen LogP contribution in [0.5, 0.6) is 0 Å². The molecule has 0 aliphatic carbocycles. The predicted octanol–water partition coefficient (Wildman–Crippen LogP) is 17.2. The monoisotopic (exact) mass is 845 g/mol. The van der Waals surface area contributed by atoms with Crippen LogP contribution in [0.1, 0.15) is 284 Å². The summed E-state index contributed by atoms with van der Waals surface area (Å²) in [7, 11) is 0. The molecule has 0 fully saturated rings. The summed E-state index contributed by atoms with van der Waals surface area (Å²) in [5.41, 5.74) is 0. The van der Waals surface area contributed by atoms with Crippen LogP contribution in [0, 0.1) is 0 Å². The van der Waals surface area contributed by atoms with Crippen molar-refractivity contribution in [2.24, 2.45) is 0 Å². The zero-order valence-electron chi connectivity index (χ0n) is 40.2. The summed E-state index contributed by atoms with van der Waals surface area (Å²) < 4.78 is 16.8. The van der Waals surface area contributed by atoms with E-state index < -0.39 is 6.10 Å². The maximum absolute atomic E-state index is 12.8. The first-order chi connectivity index (χ1) is 29.5. The van der Waals surface area contributed by atoms with Gasteiger partial charge in [0.2, 0.25) is 0 Å². The van der Waals surface area contributed by atoms with Crippen molar-refractivity contribution in [2.45, 2.75) is 290 Å². The van der Waals surface area contributed by atoms with Gasteiger partial charge in [-0.2, -0.15) is 0 Å². The molecule has 0 radical (unpaired) electrons. The van der Waals surface area contributed by atoms with Crippen LogP contribution in [0.4, 0.5) is 0 Å². The highest BCUT2D eigenvalue weighted by molar-refractivity contribution is 5.71. The molecule has 0 aromatic rings. The molecule has 0 heterocycles. The number of esters is 3. The lowest BCUT2D eigenvalue weighted by atomic mass is 10.0. The van der Waals surface area contributed by atoms with Gasteiger partial charge in [-0.15, -0.1) is 0 Å². The minimum atomic E-state index is -0.778. The van der Waals surface area contributed by atoms with Gasteiger partial charge in [-0.1, -0.05) is 244 Å². The molecule has 0 rings (SSSR count). The Morgan fingerprint density at radius 3 is 0.900 bits per heavy atom. The molecule has 1 atom stereocenters. The summed E-state index contributed by atoms with van der Waals surface area (Å²) in [4.78, 5) is 37.9. The third-order valence-electron chi connectivity index (χ3n) is 11.7. The number of carbonyl (C=O) groups is 3.